The summed E-state index contributed by atoms with van der Waals surface area (Å²) in [5.74, 6) is -1.10. The van der Waals surface area contributed by atoms with E-state index in [-0.39, 0.29) is 31.0 Å². The van der Waals surface area contributed by atoms with E-state index >= 15 is 0 Å². The lowest BCUT2D eigenvalue weighted by Gasteiger charge is -2.20. The van der Waals surface area contributed by atoms with Crippen LogP contribution >= 0.6 is 11.6 Å². The number of carbonyl (C=O) groups is 1. The largest absolute Gasteiger partial charge is 0.466 e. The van der Waals surface area contributed by atoms with E-state index in [1.807, 2.05) is 24.3 Å². The number of halogens is 3. The van der Waals surface area contributed by atoms with Crippen LogP contribution in [0, 0.1) is 11.7 Å². The molecule has 0 fully saturated rings. The molecule has 2 aromatic carbocycles. The van der Waals surface area contributed by atoms with E-state index in [1.165, 1.54) is 12.1 Å². The molecule has 0 saturated heterocycles. The predicted octanol–water partition coefficient (Wildman–Crippen LogP) is 4.14. The third-order valence-corrected chi connectivity index (χ3v) is 4.80. The molecule has 0 bridgehead atoms. The van der Waals surface area contributed by atoms with Crippen LogP contribution in [0.25, 0.3) is 11.1 Å². The Balaban J connectivity index is 2.00. The third-order valence-electron chi connectivity index (χ3n) is 4.56. The van der Waals surface area contributed by atoms with E-state index < -0.39 is 12.6 Å². The Morgan fingerprint density at radius 1 is 1.24 bits per heavy atom. The Bertz CT molecular complexity index is 787. The van der Waals surface area contributed by atoms with Crippen LogP contribution < -0.4 is 11.1 Å². The SMILES string of the molecule is CCOC(=O)C(CNCCF)CC(N)Cc1ccc(-c2cc(Cl)ccc2F)cc1. The molecule has 0 aromatic heterocycles. The highest BCUT2D eigenvalue weighted by Gasteiger charge is 2.22. The van der Waals surface area contributed by atoms with Crippen molar-refractivity contribution in [1.29, 1.82) is 0 Å². The van der Waals surface area contributed by atoms with Crippen molar-refractivity contribution in [3.63, 3.8) is 0 Å². The van der Waals surface area contributed by atoms with Crippen molar-refractivity contribution in [2.24, 2.45) is 11.7 Å². The van der Waals surface area contributed by atoms with Crippen LogP contribution in [0.2, 0.25) is 5.02 Å². The van der Waals surface area contributed by atoms with Gasteiger partial charge in [-0.25, -0.2) is 8.78 Å². The highest BCUT2D eigenvalue weighted by atomic mass is 35.5. The fourth-order valence-electron chi connectivity index (χ4n) is 3.16. The number of hydrogen-bond donors (Lipinski definition) is 2. The Kier molecular flexibility index (Phi) is 9.51. The first-order valence-corrected chi connectivity index (χ1v) is 10.1. The molecule has 4 nitrogen and oxygen atoms in total. The molecule has 0 heterocycles. The summed E-state index contributed by atoms with van der Waals surface area (Å²) in [6.07, 6.45) is 0.972. The second kappa shape index (κ2) is 11.9. The first-order chi connectivity index (χ1) is 13.9. The molecule has 2 atom stereocenters. The third kappa shape index (κ3) is 7.38. The van der Waals surface area contributed by atoms with E-state index in [2.05, 4.69) is 5.32 Å². The molecule has 29 heavy (non-hydrogen) atoms. The number of nitrogens with one attached hydrogen (secondary N) is 1. The molecular weight excluding hydrogens is 398 g/mol. The molecule has 3 N–H and O–H groups in total. The number of nitrogens with two attached hydrogens (primary N) is 1. The maximum atomic E-state index is 14.0. The summed E-state index contributed by atoms with van der Waals surface area (Å²) >= 11 is 5.96. The van der Waals surface area contributed by atoms with Crippen molar-refractivity contribution >= 4 is 17.6 Å². The highest BCUT2D eigenvalue weighted by molar-refractivity contribution is 6.30. The van der Waals surface area contributed by atoms with Gasteiger partial charge in [-0.15, -0.1) is 0 Å². The molecule has 0 aliphatic rings. The second-order valence-corrected chi connectivity index (χ2v) is 7.30. The topological polar surface area (TPSA) is 64.3 Å². The van der Waals surface area contributed by atoms with Gasteiger partial charge in [0.15, 0.2) is 0 Å². The Morgan fingerprint density at radius 2 is 1.97 bits per heavy atom. The zero-order chi connectivity index (χ0) is 21.2. The second-order valence-electron chi connectivity index (χ2n) is 6.86. The van der Waals surface area contributed by atoms with Gasteiger partial charge in [-0.3, -0.25) is 4.79 Å². The monoisotopic (exact) mass is 424 g/mol. The molecule has 2 aromatic rings. The van der Waals surface area contributed by atoms with Gasteiger partial charge in [0.1, 0.15) is 12.5 Å². The van der Waals surface area contributed by atoms with Gasteiger partial charge in [0.05, 0.1) is 12.5 Å². The number of alkyl halides is 1. The van der Waals surface area contributed by atoms with Gasteiger partial charge in [-0.1, -0.05) is 35.9 Å². The van der Waals surface area contributed by atoms with Gasteiger partial charge in [0.2, 0.25) is 0 Å². The van der Waals surface area contributed by atoms with Crippen LogP contribution in [0.15, 0.2) is 42.5 Å². The lowest BCUT2D eigenvalue weighted by Crippen LogP contribution is -2.36. The quantitative estimate of drug-likeness (QED) is 0.420. The minimum atomic E-state index is -0.499. The molecule has 0 spiro atoms. The van der Waals surface area contributed by atoms with E-state index in [4.69, 9.17) is 22.1 Å². The van der Waals surface area contributed by atoms with Crippen LogP contribution in [-0.4, -0.2) is 38.4 Å². The number of ether oxygens (including phenoxy) is 1. The van der Waals surface area contributed by atoms with Gasteiger partial charge < -0.3 is 15.8 Å². The fourth-order valence-corrected chi connectivity index (χ4v) is 3.33. The van der Waals surface area contributed by atoms with Crippen LogP contribution in [0.1, 0.15) is 18.9 Å². The van der Waals surface area contributed by atoms with Crippen molar-refractivity contribution in [2.45, 2.75) is 25.8 Å². The Morgan fingerprint density at radius 3 is 2.62 bits per heavy atom. The van der Waals surface area contributed by atoms with Gasteiger partial charge in [-0.2, -0.15) is 0 Å². The number of benzene rings is 2. The minimum Gasteiger partial charge on any atom is -0.466 e. The molecule has 2 unspecified atom stereocenters. The summed E-state index contributed by atoms with van der Waals surface area (Å²) in [6, 6.07) is 11.6. The Hall–Kier alpha value is -2.02. The summed E-state index contributed by atoms with van der Waals surface area (Å²) in [5, 5.41) is 3.37. The molecule has 7 heteroatoms. The highest BCUT2D eigenvalue weighted by Crippen LogP contribution is 2.26. The molecule has 0 aliphatic heterocycles. The van der Waals surface area contributed by atoms with E-state index in [1.54, 1.807) is 13.0 Å². The van der Waals surface area contributed by atoms with Gasteiger partial charge in [0, 0.05) is 29.7 Å². The lowest BCUT2D eigenvalue weighted by atomic mass is 9.94. The fraction of sp³-hybridized carbons (Fsp3) is 0.409. The van der Waals surface area contributed by atoms with Crippen molar-refractivity contribution in [1.82, 2.24) is 5.32 Å². The van der Waals surface area contributed by atoms with Gasteiger partial charge >= 0.3 is 5.97 Å². The minimum absolute atomic E-state index is 0.187. The summed E-state index contributed by atoms with van der Waals surface area (Å²) in [5.41, 5.74) is 8.39. The molecule has 2 rings (SSSR count). The number of rotatable bonds is 11. The van der Waals surface area contributed by atoms with Gasteiger partial charge in [-0.05, 0) is 49.1 Å². The van der Waals surface area contributed by atoms with Crippen LogP contribution in [0.3, 0.4) is 0 Å². The first-order valence-electron chi connectivity index (χ1n) is 9.67. The molecule has 0 amide bonds. The van der Waals surface area contributed by atoms with Crippen LogP contribution in [0.4, 0.5) is 8.78 Å². The van der Waals surface area contributed by atoms with Crippen molar-refractivity contribution in [3.8, 4) is 11.1 Å². The smallest absolute Gasteiger partial charge is 0.310 e. The zero-order valence-electron chi connectivity index (χ0n) is 16.5. The van der Waals surface area contributed by atoms with Crippen molar-refractivity contribution < 1.29 is 18.3 Å². The lowest BCUT2D eigenvalue weighted by molar-refractivity contribution is -0.148. The van der Waals surface area contributed by atoms with E-state index in [0.29, 0.717) is 30.0 Å². The molecule has 0 saturated carbocycles. The zero-order valence-corrected chi connectivity index (χ0v) is 17.2. The number of hydrogen-bond acceptors (Lipinski definition) is 4. The number of esters is 1. The standard InChI is InChI=1S/C22H27ClF2N2O2/c1-2-29-22(28)17(14-27-10-9-24)12-19(26)11-15-3-5-16(6-4-15)20-13-18(23)7-8-21(20)25/h3-8,13,17,19,27H,2,9-12,14,26H2,1H3. The van der Waals surface area contributed by atoms with Crippen LogP contribution in [0.5, 0.6) is 0 Å². The van der Waals surface area contributed by atoms with E-state index in [9.17, 15) is 13.6 Å². The summed E-state index contributed by atoms with van der Waals surface area (Å²) in [4.78, 5) is 12.1. The van der Waals surface area contributed by atoms with Crippen molar-refractivity contribution in [3.05, 3.63) is 58.9 Å². The summed E-state index contributed by atoms with van der Waals surface area (Å²) < 4.78 is 31.4. The Labute approximate surface area is 175 Å². The molecule has 0 radical (unpaired) electrons. The molecular formula is C22H27ClF2N2O2. The van der Waals surface area contributed by atoms with Crippen molar-refractivity contribution in [2.75, 3.05) is 26.4 Å². The normalized spacial score (nSPS) is 13.1. The van der Waals surface area contributed by atoms with Gasteiger partial charge in [0.25, 0.3) is 0 Å². The number of carbonyl (C=O) groups excluding carboxylic acids is 1. The molecule has 158 valence electrons. The summed E-state index contributed by atoms with van der Waals surface area (Å²) in [7, 11) is 0. The maximum Gasteiger partial charge on any atom is 0.310 e. The summed E-state index contributed by atoms with van der Waals surface area (Å²) in [6.45, 7) is 2.04. The molecule has 0 aliphatic carbocycles. The average molecular weight is 425 g/mol. The predicted molar refractivity (Wildman–Crippen MR) is 112 cm³/mol. The van der Waals surface area contributed by atoms with E-state index in [0.717, 1.165) is 11.1 Å². The maximum absolute atomic E-state index is 14.0. The van der Waals surface area contributed by atoms with Crippen LogP contribution in [-0.2, 0) is 16.0 Å². The first kappa shape index (κ1) is 23.3. The average Bonchev–Trinajstić information content (AvgIpc) is 2.70.